The Balaban J connectivity index is 1.47. The summed E-state index contributed by atoms with van der Waals surface area (Å²) in [4.78, 5) is 11.4. The van der Waals surface area contributed by atoms with Crippen LogP contribution in [0.1, 0.15) is 76.1 Å². The van der Waals surface area contributed by atoms with Gasteiger partial charge in [-0.25, -0.2) is 13.4 Å². The van der Waals surface area contributed by atoms with Crippen molar-refractivity contribution in [3.05, 3.63) is 40.2 Å². The summed E-state index contributed by atoms with van der Waals surface area (Å²) in [5, 5.41) is 10.4. The molecule has 2 aliphatic rings. The van der Waals surface area contributed by atoms with Gasteiger partial charge in [0.05, 0.1) is 29.0 Å². The molecule has 10 nitrogen and oxygen atoms in total. The molecule has 1 saturated heterocycles. The number of piperidine rings is 1. The fourth-order valence-corrected chi connectivity index (χ4v) is 6.83. The quantitative estimate of drug-likeness (QED) is 0.320. The monoisotopic (exact) mass is 601 g/mol. The number of hydrogen-bond donors (Lipinski definition) is 2. The molecule has 1 fully saturated rings. The van der Waals surface area contributed by atoms with E-state index in [1.54, 1.807) is 24.7 Å². The van der Waals surface area contributed by atoms with Crippen molar-refractivity contribution in [1.82, 2.24) is 24.6 Å². The molecule has 0 saturated carbocycles. The molecule has 0 spiro atoms. The van der Waals surface area contributed by atoms with Gasteiger partial charge in [-0.05, 0) is 97.6 Å². The van der Waals surface area contributed by atoms with Gasteiger partial charge in [-0.1, -0.05) is 11.6 Å². The minimum absolute atomic E-state index is 0.0324. The minimum atomic E-state index is -3.66. The Morgan fingerprint density at radius 3 is 2.49 bits per heavy atom. The lowest BCUT2D eigenvalue weighted by atomic mass is 9.82. The van der Waals surface area contributed by atoms with E-state index in [1.807, 2.05) is 13.8 Å². The molecule has 1 atom stereocenters. The SMILES string of the molecule is Cc1cc(Nc2ncc(Cl)c(Nc3cn(C(C)C)nc3S(=O)(=O)C(C)C)n2)c2c(c1C1CCN(C)CC1)CC(C)O2. The zero-order valence-corrected chi connectivity index (χ0v) is 26.4. The number of nitrogens with one attached hydrogen (secondary N) is 2. The van der Waals surface area contributed by atoms with Crippen molar-refractivity contribution in [3.63, 3.8) is 0 Å². The van der Waals surface area contributed by atoms with Gasteiger partial charge < -0.3 is 20.3 Å². The molecule has 2 aromatic heterocycles. The Kier molecular flexibility index (Phi) is 8.24. The number of rotatable bonds is 8. The van der Waals surface area contributed by atoms with Crippen molar-refractivity contribution in [2.75, 3.05) is 30.8 Å². The molecule has 0 aliphatic carbocycles. The molecule has 2 N–H and O–H groups in total. The minimum Gasteiger partial charge on any atom is -0.488 e. The highest BCUT2D eigenvalue weighted by Crippen LogP contribution is 2.45. The number of sulfone groups is 1. The van der Waals surface area contributed by atoms with Crippen molar-refractivity contribution in [2.45, 2.75) is 89.1 Å². The fraction of sp³-hybridized carbons (Fsp3) is 0.552. The zero-order valence-electron chi connectivity index (χ0n) is 24.8. The summed E-state index contributed by atoms with van der Waals surface area (Å²) in [6.45, 7) is 13.6. The molecule has 0 radical (unpaired) electrons. The molecular formula is C29H40ClN7O3S. The van der Waals surface area contributed by atoms with Gasteiger partial charge in [0.25, 0.3) is 0 Å². The van der Waals surface area contributed by atoms with Crippen LogP contribution in [0.15, 0.2) is 23.5 Å². The summed E-state index contributed by atoms with van der Waals surface area (Å²) < 4.78 is 34.1. The first-order valence-corrected chi connectivity index (χ1v) is 16.2. The smallest absolute Gasteiger partial charge is 0.229 e. The third-order valence-corrected chi connectivity index (χ3v) is 10.3. The largest absolute Gasteiger partial charge is 0.488 e. The normalized spacial score (nSPS) is 18.1. The highest BCUT2D eigenvalue weighted by molar-refractivity contribution is 7.92. The van der Waals surface area contributed by atoms with Gasteiger partial charge in [-0.2, -0.15) is 10.1 Å². The molecule has 2 aliphatic heterocycles. The lowest BCUT2D eigenvalue weighted by molar-refractivity contribution is 0.254. The van der Waals surface area contributed by atoms with Crippen LogP contribution in [-0.4, -0.2) is 64.6 Å². The van der Waals surface area contributed by atoms with Crippen molar-refractivity contribution in [2.24, 2.45) is 0 Å². The van der Waals surface area contributed by atoms with Crippen LogP contribution in [0.5, 0.6) is 5.75 Å². The number of ether oxygens (including phenoxy) is 1. The number of hydrogen-bond acceptors (Lipinski definition) is 9. The van der Waals surface area contributed by atoms with E-state index in [2.05, 4.69) is 57.6 Å². The van der Waals surface area contributed by atoms with Crippen LogP contribution in [0.4, 0.5) is 23.1 Å². The molecule has 3 aromatic rings. The van der Waals surface area contributed by atoms with Crippen LogP contribution < -0.4 is 15.4 Å². The maximum absolute atomic E-state index is 13.1. The molecular weight excluding hydrogens is 562 g/mol. The molecule has 41 heavy (non-hydrogen) atoms. The lowest BCUT2D eigenvalue weighted by Gasteiger charge is -2.31. The van der Waals surface area contributed by atoms with E-state index in [9.17, 15) is 8.42 Å². The van der Waals surface area contributed by atoms with Gasteiger partial charge in [-0.15, -0.1) is 0 Å². The molecule has 5 rings (SSSR count). The molecule has 12 heteroatoms. The number of nitrogens with zero attached hydrogens (tertiary/aromatic N) is 5. The summed E-state index contributed by atoms with van der Waals surface area (Å²) in [6, 6.07) is 2.09. The summed E-state index contributed by atoms with van der Waals surface area (Å²) in [5.74, 6) is 1.97. The highest BCUT2D eigenvalue weighted by atomic mass is 35.5. The second-order valence-electron chi connectivity index (χ2n) is 11.8. The van der Waals surface area contributed by atoms with Crippen LogP contribution in [0.3, 0.4) is 0 Å². The Labute approximate surface area is 247 Å². The van der Waals surface area contributed by atoms with E-state index in [1.165, 1.54) is 22.9 Å². The van der Waals surface area contributed by atoms with E-state index < -0.39 is 15.1 Å². The van der Waals surface area contributed by atoms with Gasteiger partial charge in [-0.3, -0.25) is 4.68 Å². The Bertz CT molecular complexity index is 1550. The molecule has 0 bridgehead atoms. The number of aryl methyl sites for hydroxylation is 1. The van der Waals surface area contributed by atoms with Gasteiger partial charge in [0, 0.05) is 18.0 Å². The number of benzene rings is 1. The van der Waals surface area contributed by atoms with Crippen molar-refractivity contribution >= 4 is 44.6 Å². The highest BCUT2D eigenvalue weighted by Gasteiger charge is 2.32. The van der Waals surface area contributed by atoms with Crippen molar-refractivity contribution in [3.8, 4) is 5.75 Å². The first kappa shape index (κ1) is 29.6. The van der Waals surface area contributed by atoms with Gasteiger partial charge >= 0.3 is 0 Å². The molecule has 1 aromatic carbocycles. The van der Waals surface area contributed by atoms with Gasteiger partial charge in [0.15, 0.2) is 5.82 Å². The molecule has 222 valence electrons. The fourth-order valence-electron chi connectivity index (χ4n) is 5.63. The van der Waals surface area contributed by atoms with Crippen molar-refractivity contribution < 1.29 is 13.2 Å². The van der Waals surface area contributed by atoms with E-state index in [-0.39, 0.29) is 28.0 Å². The number of anilines is 4. The third kappa shape index (κ3) is 5.89. The topological polar surface area (TPSA) is 114 Å². The second-order valence-corrected chi connectivity index (χ2v) is 14.7. The van der Waals surface area contributed by atoms with E-state index in [0.717, 1.165) is 43.8 Å². The second kappa shape index (κ2) is 11.4. The average molecular weight is 602 g/mol. The standard InChI is InChI=1S/C29H40ClN7O3S/c1-16(2)37-15-24(28(35-37)41(38,39)17(3)4)32-27-22(30)14-31-29(34-27)33-23-12-18(5)25(20-8-10-36(7)11-9-20)21-13-19(6)40-26(21)23/h12,14-17,19-20H,8-11,13H2,1-7H3,(H2,31,32,33,34). The first-order chi connectivity index (χ1) is 19.3. The van der Waals surface area contributed by atoms with E-state index in [4.69, 9.17) is 16.3 Å². The third-order valence-electron chi connectivity index (χ3n) is 7.93. The maximum Gasteiger partial charge on any atom is 0.229 e. The van der Waals surface area contributed by atoms with Crippen LogP contribution in [-0.2, 0) is 16.3 Å². The summed E-state index contributed by atoms with van der Waals surface area (Å²) in [6.07, 6.45) is 6.39. The molecule has 0 amide bonds. The average Bonchev–Trinajstić information content (AvgIpc) is 3.51. The predicted octanol–water partition coefficient (Wildman–Crippen LogP) is 6.02. The number of fused-ring (bicyclic) bond motifs is 1. The lowest BCUT2D eigenvalue weighted by Crippen LogP contribution is -2.29. The summed E-state index contributed by atoms with van der Waals surface area (Å²) in [5.41, 5.74) is 5.04. The molecule has 4 heterocycles. The number of likely N-dealkylation sites (tertiary alicyclic amines) is 1. The zero-order chi connectivity index (χ0) is 29.6. The maximum atomic E-state index is 13.1. The van der Waals surface area contributed by atoms with Crippen molar-refractivity contribution in [1.29, 1.82) is 0 Å². The Hall–Kier alpha value is -2.89. The van der Waals surface area contributed by atoms with Crippen LogP contribution in [0.25, 0.3) is 0 Å². The Morgan fingerprint density at radius 2 is 1.83 bits per heavy atom. The number of aromatic nitrogens is 4. The number of halogens is 1. The molecule has 1 unspecified atom stereocenters. The summed E-state index contributed by atoms with van der Waals surface area (Å²) >= 11 is 6.48. The Morgan fingerprint density at radius 1 is 1.12 bits per heavy atom. The van der Waals surface area contributed by atoms with Gasteiger partial charge in [0.1, 0.15) is 16.9 Å². The van der Waals surface area contributed by atoms with Crippen LogP contribution >= 0.6 is 11.6 Å². The van der Waals surface area contributed by atoms with E-state index in [0.29, 0.717) is 17.6 Å². The summed E-state index contributed by atoms with van der Waals surface area (Å²) in [7, 11) is -1.48. The van der Waals surface area contributed by atoms with Crippen LogP contribution in [0.2, 0.25) is 5.02 Å². The first-order valence-electron chi connectivity index (χ1n) is 14.3. The van der Waals surface area contributed by atoms with E-state index >= 15 is 0 Å². The van der Waals surface area contributed by atoms with Gasteiger partial charge in [0.2, 0.25) is 20.8 Å². The van der Waals surface area contributed by atoms with Crippen LogP contribution in [0, 0.1) is 6.92 Å². The predicted molar refractivity (Wildman–Crippen MR) is 163 cm³/mol.